The average molecular weight is 431 g/mol. The van der Waals surface area contributed by atoms with E-state index in [0.29, 0.717) is 37.6 Å². The van der Waals surface area contributed by atoms with E-state index in [4.69, 9.17) is 9.47 Å². The molecule has 0 N–H and O–H groups in total. The first kappa shape index (κ1) is 20.2. The van der Waals surface area contributed by atoms with Crippen molar-refractivity contribution in [1.29, 1.82) is 0 Å². The van der Waals surface area contributed by atoms with Gasteiger partial charge < -0.3 is 14.4 Å². The van der Waals surface area contributed by atoms with Gasteiger partial charge in [0.25, 0.3) is 10.0 Å². The van der Waals surface area contributed by atoms with Gasteiger partial charge >= 0.3 is 5.69 Å². The highest BCUT2D eigenvalue weighted by atomic mass is 32.2. The van der Waals surface area contributed by atoms with Crippen LogP contribution in [0.25, 0.3) is 11.0 Å². The molecule has 3 aromatic rings. The van der Waals surface area contributed by atoms with Crippen molar-refractivity contribution in [2.24, 2.45) is 0 Å². The van der Waals surface area contributed by atoms with Crippen molar-refractivity contribution in [3.8, 4) is 5.75 Å². The van der Waals surface area contributed by atoms with Gasteiger partial charge in [0, 0.05) is 13.1 Å². The van der Waals surface area contributed by atoms with Crippen molar-refractivity contribution < 1.29 is 22.7 Å². The van der Waals surface area contributed by atoms with Crippen LogP contribution in [0, 0.1) is 0 Å². The van der Waals surface area contributed by atoms with E-state index in [1.807, 2.05) is 0 Å². The average Bonchev–Trinajstić information content (AvgIpc) is 3.06. The number of hydrogen-bond acceptors (Lipinski definition) is 6. The molecule has 30 heavy (non-hydrogen) atoms. The zero-order chi connectivity index (χ0) is 21.3. The van der Waals surface area contributed by atoms with Crippen LogP contribution in [-0.2, 0) is 26.1 Å². The van der Waals surface area contributed by atoms with Crippen molar-refractivity contribution in [2.45, 2.75) is 11.4 Å². The van der Waals surface area contributed by atoms with E-state index >= 15 is 0 Å². The minimum atomic E-state index is -4.18. The molecule has 2 heterocycles. The van der Waals surface area contributed by atoms with E-state index in [9.17, 15) is 18.0 Å². The maximum Gasteiger partial charge on any atom is 0.343 e. The summed E-state index contributed by atoms with van der Waals surface area (Å²) < 4.78 is 38.8. The molecule has 0 spiro atoms. The molecule has 158 valence electrons. The topological polar surface area (TPSA) is 99.8 Å². The van der Waals surface area contributed by atoms with Crippen LogP contribution in [0.3, 0.4) is 0 Å². The van der Waals surface area contributed by atoms with Crippen molar-refractivity contribution in [1.82, 2.24) is 13.4 Å². The number of imidazole rings is 1. The van der Waals surface area contributed by atoms with Crippen molar-refractivity contribution in [2.75, 3.05) is 33.4 Å². The summed E-state index contributed by atoms with van der Waals surface area (Å²) in [7, 11) is -2.70. The number of rotatable bonds is 5. The van der Waals surface area contributed by atoms with Crippen LogP contribution in [0.1, 0.15) is 0 Å². The van der Waals surface area contributed by atoms with Gasteiger partial charge in [0.2, 0.25) is 5.91 Å². The van der Waals surface area contributed by atoms with Crippen LogP contribution in [0.4, 0.5) is 0 Å². The molecule has 1 fully saturated rings. The summed E-state index contributed by atoms with van der Waals surface area (Å²) in [6.45, 7) is 1.51. The number of morpholine rings is 1. The van der Waals surface area contributed by atoms with E-state index < -0.39 is 15.7 Å². The molecule has 1 amide bonds. The third kappa shape index (κ3) is 3.48. The Bertz CT molecular complexity index is 1240. The number of methoxy groups -OCH3 is 1. The molecule has 2 aromatic carbocycles. The van der Waals surface area contributed by atoms with Gasteiger partial charge in [0.15, 0.2) is 0 Å². The fraction of sp³-hybridized carbons (Fsp3) is 0.300. The Kier molecular flexibility index (Phi) is 5.35. The van der Waals surface area contributed by atoms with Crippen molar-refractivity contribution in [3.63, 3.8) is 0 Å². The van der Waals surface area contributed by atoms with Crippen molar-refractivity contribution in [3.05, 3.63) is 59.0 Å². The third-order valence-electron chi connectivity index (χ3n) is 5.05. The number of fused-ring (bicyclic) bond motifs is 1. The molecular weight excluding hydrogens is 410 g/mol. The number of nitrogens with zero attached hydrogens (tertiary/aromatic N) is 3. The molecule has 9 nitrogen and oxygen atoms in total. The number of amides is 1. The summed E-state index contributed by atoms with van der Waals surface area (Å²) in [6, 6.07) is 12.3. The number of aromatic nitrogens is 2. The van der Waals surface area contributed by atoms with Gasteiger partial charge in [-0.2, -0.15) is 3.97 Å². The summed E-state index contributed by atoms with van der Waals surface area (Å²) in [4.78, 5) is 27.4. The molecule has 1 aliphatic rings. The highest BCUT2D eigenvalue weighted by molar-refractivity contribution is 7.90. The summed E-state index contributed by atoms with van der Waals surface area (Å²) in [5.74, 6) is 0.241. The Morgan fingerprint density at radius 3 is 2.30 bits per heavy atom. The van der Waals surface area contributed by atoms with Gasteiger partial charge in [-0.1, -0.05) is 12.1 Å². The van der Waals surface area contributed by atoms with Crippen molar-refractivity contribution >= 4 is 27.0 Å². The first-order chi connectivity index (χ1) is 14.4. The number of para-hydroxylation sites is 2. The quantitative estimate of drug-likeness (QED) is 0.595. The van der Waals surface area contributed by atoms with Crippen LogP contribution in [-0.4, -0.2) is 61.2 Å². The summed E-state index contributed by atoms with van der Waals surface area (Å²) in [5.41, 5.74) is -0.192. The zero-order valence-corrected chi connectivity index (χ0v) is 17.2. The third-order valence-corrected chi connectivity index (χ3v) is 6.75. The standard InChI is InChI=1S/C20H21N3O6S/c1-28-15-6-8-16(9-7-15)30(26,27)23-18-5-3-2-4-17(18)22(20(23)25)14-19(24)21-10-12-29-13-11-21/h2-9H,10-14H2,1H3. The van der Waals surface area contributed by atoms with E-state index in [1.165, 1.54) is 35.9 Å². The molecule has 0 unspecified atom stereocenters. The Labute approximate surface area is 173 Å². The second-order valence-electron chi connectivity index (χ2n) is 6.80. The first-order valence-corrected chi connectivity index (χ1v) is 10.8. The minimum absolute atomic E-state index is 0.0483. The lowest BCUT2D eigenvalue weighted by Gasteiger charge is -2.26. The highest BCUT2D eigenvalue weighted by Gasteiger charge is 2.27. The molecule has 10 heteroatoms. The van der Waals surface area contributed by atoms with Gasteiger partial charge in [0.05, 0.1) is 36.3 Å². The molecule has 0 radical (unpaired) electrons. The Morgan fingerprint density at radius 2 is 1.67 bits per heavy atom. The largest absolute Gasteiger partial charge is 0.497 e. The zero-order valence-electron chi connectivity index (χ0n) is 16.4. The smallest absolute Gasteiger partial charge is 0.343 e. The van der Waals surface area contributed by atoms with Gasteiger partial charge in [-0.15, -0.1) is 0 Å². The monoisotopic (exact) mass is 431 g/mol. The molecule has 0 bridgehead atoms. The molecular formula is C20H21N3O6S. The van der Waals surface area contributed by atoms with Crippen LogP contribution in [0.5, 0.6) is 5.75 Å². The predicted octanol–water partition coefficient (Wildman–Crippen LogP) is 0.907. The summed E-state index contributed by atoms with van der Waals surface area (Å²) in [6.07, 6.45) is 0. The molecule has 0 aliphatic carbocycles. The van der Waals surface area contributed by atoms with Gasteiger partial charge in [0.1, 0.15) is 12.3 Å². The Balaban J connectivity index is 1.80. The highest BCUT2D eigenvalue weighted by Crippen LogP contribution is 2.22. The van der Waals surface area contributed by atoms with Crippen LogP contribution >= 0.6 is 0 Å². The SMILES string of the molecule is COc1ccc(S(=O)(=O)n2c(=O)n(CC(=O)N3CCOCC3)c3ccccc32)cc1. The van der Waals surface area contributed by atoms with Crippen LogP contribution < -0.4 is 10.4 Å². The van der Waals surface area contributed by atoms with E-state index in [-0.39, 0.29) is 22.9 Å². The molecule has 1 aromatic heterocycles. The Morgan fingerprint density at radius 1 is 1.03 bits per heavy atom. The fourth-order valence-electron chi connectivity index (χ4n) is 3.47. The second-order valence-corrected chi connectivity index (χ2v) is 8.58. The van der Waals surface area contributed by atoms with Gasteiger partial charge in [-0.3, -0.25) is 9.36 Å². The van der Waals surface area contributed by atoms with E-state index in [1.54, 1.807) is 29.2 Å². The van der Waals surface area contributed by atoms with Gasteiger partial charge in [-0.25, -0.2) is 13.2 Å². The Hall–Kier alpha value is -3.11. The van der Waals surface area contributed by atoms with Crippen LogP contribution in [0.2, 0.25) is 0 Å². The lowest BCUT2D eigenvalue weighted by atomic mass is 10.3. The minimum Gasteiger partial charge on any atom is -0.497 e. The molecule has 1 saturated heterocycles. The molecule has 4 rings (SSSR count). The number of hydrogen-bond donors (Lipinski definition) is 0. The van der Waals surface area contributed by atoms with Crippen LogP contribution in [0.15, 0.2) is 58.2 Å². The number of carbonyl (C=O) groups excluding carboxylic acids is 1. The van der Waals surface area contributed by atoms with E-state index in [2.05, 4.69) is 0 Å². The molecule has 0 saturated carbocycles. The maximum absolute atomic E-state index is 13.3. The lowest BCUT2D eigenvalue weighted by Crippen LogP contribution is -2.43. The second kappa shape index (κ2) is 7.96. The predicted molar refractivity (Wildman–Crippen MR) is 109 cm³/mol. The molecule has 0 atom stereocenters. The summed E-state index contributed by atoms with van der Waals surface area (Å²) >= 11 is 0. The first-order valence-electron chi connectivity index (χ1n) is 9.39. The summed E-state index contributed by atoms with van der Waals surface area (Å²) in [5, 5.41) is 0. The number of carbonyl (C=O) groups is 1. The normalized spacial score (nSPS) is 14.8. The number of benzene rings is 2. The number of ether oxygens (including phenoxy) is 2. The lowest BCUT2D eigenvalue weighted by molar-refractivity contribution is -0.135. The van der Waals surface area contributed by atoms with Gasteiger partial charge in [-0.05, 0) is 36.4 Å². The maximum atomic E-state index is 13.3. The molecule has 1 aliphatic heterocycles. The van der Waals surface area contributed by atoms with E-state index in [0.717, 1.165) is 3.97 Å². The fourth-order valence-corrected chi connectivity index (χ4v) is 4.87.